The second-order valence-electron chi connectivity index (χ2n) is 3.88. The van der Waals surface area contributed by atoms with E-state index in [-0.39, 0.29) is 24.7 Å². The van der Waals surface area contributed by atoms with Crippen LogP contribution in [0.25, 0.3) is 22.7 Å². The van der Waals surface area contributed by atoms with Gasteiger partial charge in [-0.2, -0.15) is 4.98 Å². The van der Waals surface area contributed by atoms with Gasteiger partial charge >= 0.3 is 5.69 Å². The van der Waals surface area contributed by atoms with Gasteiger partial charge in [0.1, 0.15) is 5.52 Å². The minimum absolute atomic E-state index is 0.0496. The number of hydrogen-bond acceptors (Lipinski definition) is 6. The number of fused-ring (bicyclic) bond motifs is 2. The highest BCUT2D eigenvalue weighted by atomic mass is 16.3. The van der Waals surface area contributed by atoms with Crippen molar-refractivity contribution in [1.29, 1.82) is 0 Å². The minimum Gasteiger partial charge on any atom is -0.395 e. The number of rotatable bonds is 2. The molecule has 3 rings (SSSR count). The average Bonchev–Trinajstić information content (AvgIpc) is 2.40. The maximum atomic E-state index is 11.7. The van der Waals surface area contributed by atoms with Gasteiger partial charge in [0.05, 0.1) is 6.61 Å². The number of H-pyrrole nitrogens is 1. The van der Waals surface area contributed by atoms with Crippen LogP contribution in [0.2, 0.25) is 0 Å². The molecule has 0 aliphatic carbocycles. The Morgan fingerprint density at radius 3 is 2.95 bits per heavy atom. The number of nitrogens with zero attached hydrogens (tertiary/aromatic N) is 4. The Labute approximate surface area is 105 Å². The quantitative estimate of drug-likeness (QED) is 0.569. The molecule has 8 nitrogen and oxygen atoms in total. The van der Waals surface area contributed by atoms with E-state index in [1.54, 1.807) is 18.3 Å². The average molecular weight is 259 g/mol. The van der Waals surface area contributed by atoms with E-state index >= 15 is 0 Å². The number of nitrogens with one attached hydrogen (secondary N) is 1. The monoisotopic (exact) mass is 259 g/mol. The van der Waals surface area contributed by atoms with Crippen molar-refractivity contribution in [2.24, 2.45) is 0 Å². The fourth-order valence-corrected chi connectivity index (χ4v) is 1.94. The maximum absolute atomic E-state index is 11.7. The third-order valence-electron chi connectivity index (χ3n) is 2.69. The first-order chi connectivity index (χ1) is 9.20. The Kier molecular flexibility index (Phi) is 2.57. The molecule has 0 fully saturated rings. The number of aromatic nitrogens is 5. The molecule has 0 unspecified atom stereocenters. The van der Waals surface area contributed by atoms with Crippen LogP contribution in [0.4, 0.5) is 0 Å². The van der Waals surface area contributed by atoms with E-state index in [9.17, 15) is 9.59 Å². The highest BCUT2D eigenvalue weighted by Crippen LogP contribution is 2.17. The molecule has 19 heavy (non-hydrogen) atoms. The molecule has 0 saturated carbocycles. The van der Waals surface area contributed by atoms with E-state index in [1.807, 2.05) is 0 Å². The smallest absolute Gasteiger partial charge is 0.349 e. The summed E-state index contributed by atoms with van der Waals surface area (Å²) in [6.45, 7) is 0.000546. The van der Waals surface area contributed by atoms with Crippen LogP contribution in [0.3, 0.4) is 0 Å². The number of aliphatic hydroxyl groups excluding tert-OH is 1. The van der Waals surface area contributed by atoms with Crippen LogP contribution in [0.15, 0.2) is 27.9 Å². The minimum atomic E-state index is -0.749. The molecule has 1 aromatic heterocycles. The van der Waals surface area contributed by atoms with Crippen LogP contribution in [0.1, 0.15) is 0 Å². The molecule has 3 heterocycles. The van der Waals surface area contributed by atoms with Gasteiger partial charge in [0, 0.05) is 12.7 Å². The van der Waals surface area contributed by atoms with E-state index in [0.29, 0.717) is 11.2 Å². The lowest BCUT2D eigenvalue weighted by atomic mass is 10.3. The zero-order valence-corrected chi connectivity index (χ0v) is 9.70. The molecule has 0 spiro atoms. The van der Waals surface area contributed by atoms with Crippen LogP contribution in [0.5, 0.6) is 0 Å². The molecule has 2 aliphatic heterocycles. The predicted molar refractivity (Wildman–Crippen MR) is 65.9 cm³/mol. The van der Waals surface area contributed by atoms with E-state index < -0.39 is 11.2 Å². The number of pyridine rings is 1. The van der Waals surface area contributed by atoms with Gasteiger partial charge in [0.2, 0.25) is 0 Å². The van der Waals surface area contributed by atoms with Crippen molar-refractivity contribution in [3.63, 3.8) is 0 Å². The summed E-state index contributed by atoms with van der Waals surface area (Å²) < 4.78 is 1.51. The number of aromatic amines is 1. The standard InChI is InChI=1S/C11H9N5O3/c17-5-4-16-8-6(2-1-3-12-8)13-7-9(16)14-11(19)15-10(7)18/h1-3,17H,4-5H2,(H,15,18,19). The number of hydrogen-bond donors (Lipinski definition) is 2. The van der Waals surface area contributed by atoms with Crippen molar-refractivity contribution < 1.29 is 5.11 Å². The molecule has 2 N–H and O–H groups in total. The van der Waals surface area contributed by atoms with E-state index in [2.05, 4.69) is 19.9 Å². The fourth-order valence-electron chi connectivity index (χ4n) is 1.94. The molecule has 0 radical (unpaired) electrons. The molecule has 0 atom stereocenters. The van der Waals surface area contributed by atoms with Crippen LogP contribution >= 0.6 is 0 Å². The highest BCUT2D eigenvalue weighted by molar-refractivity contribution is 5.75. The Morgan fingerprint density at radius 2 is 2.16 bits per heavy atom. The normalized spacial score (nSPS) is 11.2. The van der Waals surface area contributed by atoms with Crippen molar-refractivity contribution in [1.82, 2.24) is 24.5 Å². The maximum Gasteiger partial charge on any atom is 0.349 e. The SMILES string of the molecule is O=c1nc2n(CCO)c3ncccc3nc-2c(=O)[nH]1. The third-order valence-corrected chi connectivity index (χ3v) is 2.69. The topological polar surface area (TPSA) is 114 Å². The first-order valence-electron chi connectivity index (χ1n) is 5.57. The van der Waals surface area contributed by atoms with Crippen LogP contribution in [-0.4, -0.2) is 36.2 Å². The molecular formula is C11H9N5O3. The molecule has 0 amide bonds. The molecule has 0 aromatic carbocycles. The molecule has 96 valence electrons. The summed E-state index contributed by atoms with van der Waals surface area (Å²) in [6.07, 6.45) is 1.56. The van der Waals surface area contributed by atoms with Crippen molar-refractivity contribution >= 4 is 11.2 Å². The van der Waals surface area contributed by atoms with Gasteiger partial charge in [0.25, 0.3) is 5.56 Å². The lowest BCUT2D eigenvalue weighted by Crippen LogP contribution is -2.29. The second-order valence-corrected chi connectivity index (χ2v) is 3.88. The molecule has 1 aromatic rings. The van der Waals surface area contributed by atoms with Gasteiger partial charge in [-0.3, -0.25) is 9.78 Å². The van der Waals surface area contributed by atoms with Crippen molar-refractivity contribution in [3.05, 3.63) is 39.2 Å². The van der Waals surface area contributed by atoms with Crippen LogP contribution in [-0.2, 0) is 6.54 Å². The van der Waals surface area contributed by atoms with Crippen molar-refractivity contribution in [2.75, 3.05) is 6.61 Å². The first kappa shape index (κ1) is 11.5. The summed E-state index contributed by atoms with van der Waals surface area (Å²) in [7, 11) is 0. The van der Waals surface area contributed by atoms with E-state index in [4.69, 9.17) is 5.11 Å². The van der Waals surface area contributed by atoms with Gasteiger partial charge in [-0.05, 0) is 12.1 Å². The summed E-state index contributed by atoms with van der Waals surface area (Å²) in [5.41, 5.74) is -0.349. The Bertz CT molecular complexity index is 838. The largest absolute Gasteiger partial charge is 0.395 e. The van der Waals surface area contributed by atoms with E-state index in [1.165, 1.54) is 4.57 Å². The summed E-state index contributed by atoms with van der Waals surface area (Å²) >= 11 is 0. The van der Waals surface area contributed by atoms with Gasteiger partial charge in [-0.15, -0.1) is 0 Å². The molecule has 0 bridgehead atoms. The van der Waals surface area contributed by atoms with Gasteiger partial charge in [0.15, 0.2) is 17.2 Å². The second kappa shape index (κ2) is 4.25. The molecule has 0 saturated heterocycles. The number of aliphatic hydroxyl groups is 1. The summed E-state index contributed by atoms with van der Waals surface area (Å²) in [5.74, 6) is 0.119. The molecular weight excluding hydrogens is 250 g/mol. The van der Waals surface area contributed by atoms with Gasteiger partial charge in [-0.25, -0.2) is 14.8 Å². The molecule has 2 aliphatic rings. The lowest BCUT2D eigenvalue weighted by Gasteiger charge is -2.14. The fraction of sp³-hybridized carbons (Fsp3) is 0.182. The van der Waals surface area contributed by atoms with Crippen LogP contribution < -0.4 is 11.2 Å². The Morgan fingerprint density at radius 1 is 1.32 bits per heavy atom. The van der Waals surface area contributed by atoms with E-state index in [0.717, 1.165) is 0 Å². The zero-order chi connectivity index (χ0) is 13.4. The summed E-state index contributed by atoms with van der Waals surface area (Å²) in [4.78, 5) is 37.2. The zero-order valence-electron chi connectivity index (χ0n) is 9.70. The highest BCUT2D eigenvalue weighted by Gasteiger charge is 2.18. The van der Waals surface area contributed by atoms with Gasteiger partial charge in [-0.1, -0.05) is 0 Å². The first-order valence-corrected chi connectivity index (χ1v) is 5.57. The Hall–Kier alpha value is -2.61. The predicted octanol–water partition coefficient (Wildman–Crippen LogP) is -1.03. The van der Waals surface area contributed by atoms with Gasteiger partial charge < -0.3 is 9.67 Å². The summed E-state index contributed by atoms with van der Waals surface area (Å²) in [6, 6.07) is 3.38. The van der Waals surface area contributed by atoms with Crippen molar-refractivity contribution in [2.45, 2.75) is 6.54 Å². The molecule has 8 heteroatoms. The third kappa shape index (κ3) is 1.78. The van der Waals surface area contributed by atoms with Crippen LogP contribution in [0, 0.1) is 0 Å². The summed E-state index contributed by atoms with van der Waals surface area (Å²) in [5, 5.41) is 9.12. The van der Waals surface area contributed by atoms with Crippen molar-refractivity contribution in [3.8, 4) is 11.5 Å². The Balaban J connectivity index is 2.54. The lowest BCUT2D eigenvalue weighted by molar-refractivity contribution is 0.277.